The van der Waals surface area contributed by atoms with Crippen LogP contribution in [0.25, 0.3) is 0 Å². The van der Waals surface area contributed by atoms with Crippen molar-refractivity contribution >= 4 is 17.6 Å². The van der Waals surface area contributed by atoms with Crippen LogP contribution in [0.15, 0.2) is 24.3 Å². The van der Waals surface area contributed by atoms with Crippen molar-refractivity contribution in [2.75, 3.05) is 31.6 Å². The lowest BCUT2D eigenvalue weighted by molar-refractivity contribution is -0.141. The molecule has 6 heteroatoms. The van der Waals surface area contributed by atoms with Gasteiger partial charge in [0.05, 0.1) is 12.2 Å². The van der Waals surface area contributed by atoms with Gasteiger partial charge in [-0.25, -0.2) is 4.79 Å². The van der Waals surface area contributed by atoms with Gasteiger partial charge in [0.2, 0.25) is 0 Å². The van der Waals surface area contributed by atoms with Gasteiger partial charge in [0.1, 0.15) is 0 Å². The van der Waals surface area contributed by atoms with Gasteiger partial charge in [-0.3, -0.25) is 4.79 Å². The topological polar surface area (TPSA) is 78.9 Å². The molecule has 2 N–H and O–H groups in total. The molecule has 0 spiro atoms. The van der Waals surface area contributed by atoms with Gasteiger partial charge in [-0.05, 0) is 37.8 Å². The first kappa shape index (κ1) is 18.3. The number of carbonyl (C=O) groups excluding carboxylic acids is 2. The molecule has 132 valence electrons. The lowest BCUT2D eigenvalue weighted by Gasteiger charge is -2.32. The first-order valence-electron chi connectivity index (χ1n) is 8.46. The maximum Gasteiger partial charge on any atom is 0.341 e. The van der Waals surface area contributed by atoms with Crippen molar-refractivity contribution in [2.45, 2.75) is 32.8 Å². The van der Waals surface area contributed by atoms with Crippen LogP contribution >= 0.6 is 0 Å². The Morgan fingerprint density at radius 1 is 1.33 bits per heavy atom. The summed E-state index contributed by atoms with van der Waals surface area (Å²) in [5, 5.41) is 11.9. The Balaban J connectivity index is 1.97. The molecule has 1 amide bonds. The number of benzene rings is 1. The van der Waals surface area contributed by atoms with Gasteiger partial charge in [0.15, 0.2) is 6.10 Å². The number of hydrogen-bond acceptors (Lipinski definition) is 5. The molecule has 0 saturated carbocycles. The van der Waals surface area contributed by atoms with E-state index in [1.165, 1.54) is 0 Å². The van der Waals surface area contributed by atoms with Gasteiger partial charge < -0.3 is 20.1 Å². The number of likely N-dealkylation sites (tertiary alicyclic amines) is 1. The van der Waals surface area contributed by atoms with Crippen LogP contribution in [0.2, 0.25) is 0 Å². The molecular formula is C18H26N2O4. The first-order valence-corrected chi connectivity index (χ1v) is 8.46. The van der Waals surface area contributed by atoms with E-state index < -0.39 is 12.1 Å². The van der Waals surface area contributed by atoms with Crippen molar-refractivity contribution in [3.05, 3.63) is 29.8 Å². The number of esters is 1. The van der Waals surface area contributed by atoms with Crippen molar-refractivity contribution in [1.82, 2.24) is 4.90 Å². The molecule has 1 aromatic rings. The average Bonchev–Trinajstić information content (AvgIpc) is 2.60. The number of para-hydroxylation sites is 1. The van der Waals surface area contributed by atoms with E-state index in [0.29, 0.717) is 23.7 Å². The number of nitrogens with zero attached hydrogens (tertiary/aromatic N) is 1. The van der Waals surface area contributed by atoms with Crippen LogP contribution in [0, 0.1) is 5.92 Å². The van der Waals surface area contributed by atoms with Gasteiger partial charge in [-0.1, -0.05) is 19.1 Å². The van der Waals surface area contributed by atoms with Crippen molar-refractivity contribution < 1.29 is 19.4 Å². The molecule has 1 fully saturated rings. The fourth-order valence-electron chi connectivity index (χ4n) is 2.77. The molecular weight excluding hydrogens is 308 g/mol. The number of amides is 1. The van der Waals surface area contributed by atoms with Crippen molar-refractivity contribution in [1.29, 1.82) is 0 Å². The molecule has 1 aromatic carbocycles. The molecule has 0 unspecified atom stereocenters. The Hall–Kier alpha value is -2.08. The maximum atomic E-state index is 12.4. The lowest BCUT2D eigenvalue weighted by atomic mass is 9.99. The van der Waals surface area contributed by atoms with Crippen molar-refractivity contribution in [2.24, 2.45) is 5.92 Å². The highest BCUT2D eigenvalue weighted by Crippen LogP contribution is 2.19. The summed E-state index contributed by atoms with van der Waals surface area (Å²) in [6.45, 7) is 5.53. The summed E-state index contributed by atoms with van der Waals surface area (Å²) < 4.78 is 5.37. The van der Waals surface area contributed by atoms with Gasteiger partial charge in [0, 0.05) is 25.3 Å². The van der Waals surface area contributed by atoms with Crippen LogP contribution in [0.1, 0.15) is 37.0 Å². The third kappa shape index (κ3) is 4.71. The molecule has 0 aliphatic carbocycles. The molecule has 1 aliphatic heterocycles. The fourth-order valence-corrected chi connectivity index (χ4v) is 2.77. The number of piperidine rings is 1. The Bertz CT molecular complexity index is 568. The van der Waals surface area contributed by atoms with Crippen molar-refractivity contribution in [3.8, 4) is 0 Å². The summed E-state index contributed by atoms with van der Waals surface area (Å²) in [5.74, 6) is -0.0466. The number of nitrogens with one attached hydrogen (secondary N) is 1. The van der Waals surface area contributed by atoms with E-state index >= 15 is 0 Å². The highest BCUT2D eigenvalue weighted by Gasteiger charge is 2.27. The summed E-state index contributed by atoms with van der Waals surface area (Å²) in [5.41, 5.74) is 0.945. The van der Waals surface area contributed by atoms with Crippen LogP contribution in [0.3, 0.4) is 0 Å². The average molecular weight is 334 g/mol. The number of carbonyl (C=O) groups is 2. The van der Waals surface area contributed by atoms with Crippen LogP contribution in [0.4, 0.5) is 5.69 Å². The normalized spacial score (nSPS) is 16.5. The smallest absolute Gasteiger partial charge is 0.341 e. The van der Waals surface area contributed by atoms with Crippen LogP contribution in [-0.2, 0) is 9.53 Å². The molecule has 2 rings (SSSR count). The number of aliphatic hydroxyl groups is 1. The monoisotopic (exact) mass is 334 g/mol. The summed E-state index contributed by atoms with van der Waals surface area (Å²) in [4.78, 5) is 26.6. The molecule has 1 atom stereocenters. The van der Waals surface area contributed by atoms with E-state index in [0.717, 1.165) is 25.9 Å². The molecule has 1 heterocycles. The Morgan fingerprint density at radius 2 is 2.00 bits per heavy atom. The number of hydrogen-bond donors (Lipinski definition) is 2. The van der Waals surface area contributed by atoms with Crippen LogP contribution < -0.4 is 5.32 Å². The Morgan fingerprint density at radius 3 is 2.67 bits per heavy atom. The van der Waals surface area contributed by atoms with Gasteiger partial charge in [-0.2, -0.15) is 0 Å². The van der Waals surface area contributed by atoms with Gasteiger partial charge in [-0.15, -0.1) is 0 Å². The minimum atomic E-state index is -0.809. The molecule has 1 aliphatic rings. The fraction of sp³-hybridized carbons (Fsp3) is 0.556. The number of ether oxygens (including phenoxy) is 1. The van der Waals surface area contributed by atoms with E-state index in [2.05, 4.69) is 12.2 Å². The second-order valence-electron chi connectivity index (χ2n) is 6.25. The lowest BCUT2D eigenvalue weighted by Crippen LogP contribution is -2.44. The zero-order chi connectivity index (χ0) is 17.5. The van der Waals surface area contributed by atoms with E-state index in [9.17, 15) is 9.59 Å². The molecule has 24 heavy (non-hydrogen) atoms. The third-order valence-electron chi connectivity index (χ3n) is 4.30. The predicted molar refractivity (Wildman–Crippen MR) is 91.9 cm³/mol. The highest BCUT2D eigenvalue weighted by molar-refractivity contribution is 5.97. The van der Waals surface area contributed by atoms with Crippen LogP contribution in [-0.4, -0.2) is 54.2 Å². The standard InChI is InChI=1S/C18H26N2O4/c1-13-7-10-20(11-8-13)17(22)14(2)24-18(23)15-5-3-4-6-16(15)19-9-12-21/h3-6,13-14,19,21H,7-12H2,1-2H3/t14-/m0/s1. The van der Waals surface area contributed by atoms with Gasteiger partial charge in [0.25, 0.3) is 5.91 Å². The van der Waals surface area contributed by atoms with Crippen molar-refractivity contribution in [3.63, 3.8) is 0 Å². The zero-order valence-corrected chi connectivity index (χ0v) is 14.3. The summed E-state index contributed by atoms with van der Waals surface area (Å²) in [6, 6.07) is 6.91. The van der Waals surface area contributed by atoms with Gasteiger partial charge >= 0.3 is 5.97 Å². The van der Waals surface area contributed by atoms with E-state index in [-0.39, 0.29) is 12.5 Å². The first-order chi connectivity index (χ1) is 11.5. The summed E-state index contributed by atoms with van der Waals surface area (Å²) in [6.07, 6.45) is 1.16. The quantitative estimate of drug-likeness (QED) is 0.777. The SMILES string of the molecule is CC1CCN(C(=O)[C@H](C)OC(=O)c2ccccc2NCCO)CC1. The molecule has 0 radical (unpaired) electrons. The third-order valence-corrected chi connectivity index (χ3v) is 4.30. The van der Waals surface area contributed by atoms with E-state index in [1.54, 1.807) is 36.1 Å². The zero-order valence-electron chi connectivity index (χ0n) is 14.3. The minimum absolute atomic E-state index is 0.0361. The molecule has 0 aromatic heterocycles. The number of rotatable bonds is 6. The molecule has 1 saturated heterocycles. The maximum absolute atomic E-state index is 12.4. The number of anilines is 1. The largest absolute Gasteiger partial charge is 0.449 e. The summed E-state index contributed by atoms with van der Waals surface area (Å²) in [7, 11) is 0. The summed E-state index contributed by atoms with van der Waals surface area (Å²) >= 11 is 0. The predicted octanol–water partition coefficient (Wildman–Crippen LogP) is 1.89. The Kier molecular flexibility index (Phi) is 6.61. The Labute approximate surface area is 142 Å². The second-order valence-corrected chi connectivity index (χ2v) is 6.25. The van der Waals surface area contributed by atoms with E-state index in [1.807, 2.05) is 0 Å². The highest BCUT2D eigenvalue weighted by atomic mass is 16.5. The minimum Gasteiger partial charge on any atom is -0.449 e. The second kappa shape index (κ2) is 8.68. The molecule has 0 bridgehead atoms. The van der Waals surface area contributed by atoms with Crippen LogP contribution in [0.5, 0.6) is 0 Å². The molecule has 6 nitrogen and oxygen atoms in total. The van der Waals surface area contributed by atoms with E-state index in [4.69, 9.17) is 9.84 Å². The number of aliphatic hydroxyl groups excluding tert-OH is 1.